The second kappa shape index (κ2) is 8.18. The van der Waals surface area contributed by atoms with Crippen molar-refractivity contribution in [2.24, 2.45) is 0 Å². The molecule has 0 fully saturated rings. The van der Waals surface area contributed by atoms with Crippen molar-refractivity contribution in [3.05, 3.63) is 59.6 Å². The molecule has 7 nitrogen and oxygen atoms in total. The van der Waals surface area contributed by atoms with Gasteiger partial charge < -0.3 is 9.47 Å². The van der Waals surface area contributed by atoms with Crippen LogP contribution in [0.4, 0.5) is 0 Å². The maximum Gasteiger partial charge on any atom is 0.204 e. The highest BCUT2D eigenvalue weighted by molar-refractivity contribution is 7.13. The molecule has 0 amide bonds. The predicted octanol–water partition coefficient (Wildman–Crippen LogP) is 3.92. The Morgan fingerprint density at radius 3 is 2.68 bits per heavy atom. The van der Waals surface area contributed by atoms with Crippen LogP contribution < -0.4 is 9.47 Å². The van der Waals surface area contributed by atoms with Crippen LogP contribution in [0.15, 0.2) is 53.9 Å². The van der Waals surface area contributed by atoms with Crippen LogP contribution in [0.5, 0.6) is 11.5 Å². The number of thiazole rings is 1. The summed E-state index contributed by atoms with van der Waals surface area (Å²) in [5, 5.41) is 15.6. The largest absolute Gasteiger partial charge is 0.493 e. The monoisotopic (exact) mass is 393 g/mol. The van der Waals surface area contributed by atoms with E-state index in [1.165, 1.54) is 0 Å². The predicted molar refractivity (Wildman–Crippen MR) is 108 cm³/mol. The molecule has 2 aromatic heterocycles. The number of nitrogens with zero attached hydrogens (tertiary/aromatic N) is 5. The summed E-state index contributed by atoms with van der Waals surface area (Å²) >= 11 is 1.57. The first-order chi connectivity index (χ1) is 13.8. The minimum absolute atomic E-state index is 0.463. The van der Waals surface area contributed by atoms with E-state index in [4.69, 9.17) is 14.5 Å². The normalized spacial score (nSPS) is 10.8. The Bertz CT molecular complexity index is 1060. The Hall–Kier alpha value is -3.26. The van der Waals surface area contributed by atoms with Crippen LogP contribution in [0.2, 0.25) is 0 Å². The lowest BCUT2D eigenvalue weighted by atomic mass is 10.2. The molecule has 4 rings (SSSR count). The van der Waals surface area contributed by atoms with Gasteiger partial charge in [-0.1, -0.05) is 30.3 Å². The Morgan fingerprint density at radius 2 is 1.89 bits per heavy atom. The molecule has 0 spiro atoms. The van der Waals surface area contributed by atoms with Gasteiger partial charge in [0, 0.05) is 16.5 Å². The first-order valence-corrected chi connectivity index (χ1v) is 9.73. The van der Waals surface area contributed by atoms with Crippen LogP contribution in [0.1, 0.15) is 12.6 Å². The van der Waals surface area contributed by atoms with E-state index in [0.29, 0.717) is 24.7 Å². The molecule has 0 radical (unpaired) electrons. The smallest absolute Gasteiger partial charge is 0.204 e. The maximum atomic E-state index is 5.57. The Labute approximate surface area is 166 Å². The van der Waals surface area contributed by atoms with Crippen LogP contribution in [0, 0.1) is 0 Å². The molecule has 2 heterocycles. The van der Waals surface area contributed by atoms with Gasteiger partial charge in [0.15, 0.2) is 11.5 Å². The lowest BCUT2D eigenvalue weighted by Gasteiger charge is -2.09. The summed E-state index contributed by atoms with van der Waals surface area (Å²) < 4.78 is 11.0. The first-order valence-electron chi connectivity index (χ1n) is 8.85. The molecule has 0 saturated heterocycles. The SMILES string of the molecule is CCOc1ccc(-c2nc(Cn3nnc(-c4ccccc4)n3)cs2)cc1OC. The zero-order chi connectivity index (χ0) is 19.3. The van der Waals surface area contributed by atoms with E-state index in [1.807, 2.05) is 60.8 Å². The topological polar surface area (TPSA) is 75.0 Å². The van der Waals surface area contributed by atoms with E-state index in [9.17, 15) is 0 Å². The van der Waals surface area contributed by atoms with Crippen molar-refractivity contribution in [3.8, 4) is 33.5 Å². The quantitative estimate of drug-likeness (QED) is 0.474. The molecule has 142 valence electrons. The van der Waals surface area contributed by atoms with Gasteiger partial charge in [-0.25, -0.2) is 4.98 Å². The van der Waals surface area contributed by atoms with Crippen molar-refractivity contribution >= 4 is 11.3 Å². The third kappa shape index (κ3) is 3.86. The van der Waals surface area contributed by atoms with Gasteiger partial charge in [0.25, 0.3) is 0 Å². The van der Waals surface area contributed by atoms with E-state index in [2.05, 4.69) is 15.4 Å². The van der Waals surface area contributed by atoms with E-state index in [0.717, 1.165) is 27.6 Å². The third-order valence-electron chi connectivity index (χ3n) is 4.05. The number of tetrazole rings is 1. The lowest BCUT2D eigenvalue weighted by molar-refractivity contribution is 0.311. The summed E-state index contributed by atoms with van der Waals surface area (Å²) in [5.41, 5.74) is 2.80. The summed E-state index contributed by atoms with van der Waals surface area (Å²) in [5.74, 6) is 2.03. The van der Waals surface area contributed by atoms with Crippen LogP contribution in [0.3, 0.4) is 0 Å². The van der Waals surface area contributed by atoms with Crippen LogP contribution in [-0.2, 0) is 6.54 Å². The maximum absolute atomic E-state index is 5.57. The molecule has 8 heteroatoms. The number of benzene rings is 2. The van der Waals surface area contributed by atoms with E-state index >= 15 is 0 Å². The molecular formula is C20H19N5O2S. The summed E-state index contributed by atoms with van der Waals surface area (Å²) in [7, 11) is 1.63. The molecule has 0 aliphatic heterocycles. The van der Waals surface area contributed by atoms with Gasteiger partial charge >= 0.3 is 0 Å². The molecule has 28 heavy (non-hydrogen) atoms. The second-order valence-electron chi connectivity index (χ2n) is 5.95. The fourth-order valence-electron chi connectivity index (χ4n) is 2.75. The van der Waals surface area contributed by atoms with Gasteiger partial charge in [-0.3, -0.25) is 0 Å². The van der Waals surface area contributed by atoms with Gasteiger partial charge in [0.1, 0.15) is 11.6 Å². The minimum Gasteiger partial charge on any atom is -0.493 e. The highest BCUT2D eigenvalue weighted by atomic mass is 32.1. The van der Waals surface area contributed by atoms with Crippen molar-refractivity contribution in [1.82, 2.24) is 25.2 Å². The third-order valence-corrected chi connectivity index (χ3v) is 4.99. The van der Waals surface area contributed by atoms with E-state index in [1.54, 1.807) is 23.2 Å². The molecular weight excluding hydrogens is 374 g/mol. The number of aromatic nitrogens is 5. The summed E-state index contributed by atoms with van der Waals surface area (Å²) in [4.78, 5) is 6.26. The fourth-order valence-corrected chi connectivity index (χ4v) is 3.55. The average molecular weight is 393 g/mol. The number of hydrogen-bond acceptors (Lipinski definition) is 7. The summed E-state index contributed by atoms with van der Waals surface area (Å²) in [6.45, 7) is 3.00. The van der Waals surface area contributed by atoms with Gasteiger partial charge in [0.2, 0.25) is 5.82 Å². The van der Waals surface area contributed by atoms with Crippen molar-refractivity contribution < 1.29 is 9.47 Å². The van der Waals surface area contributed by atoms with E-state index in [-0.39, 0.29) is 0 Å². The zero-order valence-electron chi connectivity index (χ0n) is 15.6. The molecule has 0 atom stereocenters. The molecule has 0 bridgehead atoms. The second-order valence-corrected chi connectivity index (χ2v) is 6.81. The van der Waals surface area contributed by atoms with E-state index < -0.39 is 0 Å². The van der Waals surface area contributed by atoms with Gasteiger partial charge in [0.05, 0.1) is 19.4 Å². The summed E-state index contributed by atoms with van der Waals surface area (Å²) in [6, 6.07) is 15.6. The minimum atomic E-state index is 0.463. The van der Waals surface area contributed by atoms with Gasteiger partial charge in [-0.05, 0) is 30.3 Å². The molecule has 4 aromatic rings. The molecule has 0 saturated carbocycles. The molecule has 0 aliphatic rings. The van der Waals surface area contributed by atoms with Crippen LogP contribution in [0.25, 0.3) is 22.0 Å². The number of ether oxygens (including phenoxy) is 2. The molecule has 0 N–H and O–H groups in total. The Morgan fingerprint density at radius 1 is 1.04 bits per heavy atom. The van der Waals surface area contributed by atoms with Crippen molar-refractivity contribution in [3.63, 3.8) is 0 Å². The average Bonchev–Trinajstić information content (AvgIpc) is 3.39. The lowest BCUT2D eigenvalue weighted by Crippen LogP contribution is -2.04. The number of methoxy groups -OCH3 is 1. The Balaban J connectivity index is 1.51. The summed E-state index contributed by atoms with van der Waals surface area (Å²) in [6.07, 6.45) is 0. The zero-order valence-corrected chi connectivity index (χ0v) is 16.4. The standard InChI is InChI=1S/C20H19N5O2S/c1-3-27-17-10-9-15(11-18(17)26-2)20-21-16(13-28-20)12-25-23-19(22-24-25)14-7-5-4-6-8-14/h4-11,13H,3,12H2,1-2H3. The molecule has 0 unspecified atom stereocenters. The number of rotatable bonds is 7. The first kappa shape index (κ1) is 18.1. The Kier molecular flexibility index (Phi) is 5.29. The number of hydrogen-bond donors (Lipinski definition) is 0. The van der Waals surface area contributed by atoms with Gasteiger partial charge in [-0.2, -0.15) is 4.80 Å². The van der Waals surface area contributed by atoms with Crippen molar-refractivity contribution in [2.75, 3.05) is 13.7 Å². The van der Waals surface area contributed by atoms with Crippen LogP contribution >= 0.6 is 11.3 Å². The highest BCUT2D eigenvalue weighted by Crippen LogP contribution is 2.33. The molecule has 2 aromatic carbocycles. The van der Waals surface area contributed by atoms with Crippen LogP contribution in [-0.4, -0.2) is 38.9 Å². The highest BCUT2D eigenvalue weighted by Gasteiger charge is 2.12. The van der Waals surface area contributed by atoms with Crippen molar-refractivity contribution in [1.29, 1.82) is 0 Å². The molecule has 0 aliphatic carbocycles. The fraction of sp³-hybridized carbons (Fsp3) is 0.200. The van der Waals surface area contributed by atoms with Crippen molar-refractivity contribution in [2.45, 2.75) is 13.5 Å². The van der Waals surface area contributed by atoms with Gasteiger partial charge in [-0.15, -0.1) is 21.5 Å².